The average Bonchev–Trinajstić information content (AvgIpc) is 2.20. The van der Waals surface area contributed by atoms with E-state index in [0.29, 0.717) is 0 Å². The maximum atomic E-state index is 12.8. The van der Waals surface area contributed by atoms with Crippen molar-refractivity contribution < 1.29 is 18.6 Å². The third-order valence-corrected chi connectivity index (χ3v) is 1.91. The second-order valence-corrected chi connectivity index (χ2v) is 3.15. The van der Waals surface area contributed by atoms with Crippen molar-refractivity contribution in [1.82, 2.24) is 0 Å². The molecule has 2 aromatic carbocycles. The molecule has 0 saturated heterocycles. The van der Waals surface area contributed by atoms with Gasteiger partial charge in [-0.3, -0.25) is 5.11 Å². The minimum atomic E-state index is -0.751. The van der Waals surface area contributed by atoms with E-state index in [1.165, 1.54) is 12.1 Å². The number of ether oxygens (including phenoxy) is 1. The van der Waals surface area contributed by atoms with Gasteiger partial charge in [0.15, 0.2) is 5.75 Å². The topological polar surface area (TPSA) is 29.1 Å². The van der Waals surface area contributed by atoms with E-state index in [1.54, 1.807) is 12.1 Å². The second-order valence-electron chi connectivity index (χ2n) is 3.15. The van der Waals surface area contributed by atoms with Crippen molar-refractivity contribution in [1.29, 1.82) is 0 Å². The number of para-hydroxylation sites is 2. The van der Waals surface area contributed by atoms with Crippen LogP contribution in [0.1, 0.15) is 0 Å². The molecule has 0 saturated carbocycles. The largest absolute Gasteiger partial charge is 0.453 e. The van der Waals surface area contributed by atoms with Crippen molar-refractivity contribution in [2.45, 2.75) is 0 Å². The predicted octanol–water partition coefficient (Wildman–Crippen LogP) is 3.90. The van der Waals surface area contributed by atoms with Crippen molar-refractivity contribution in [2.75, 3.05) is 0 Å². The summed E-state index contributed by atoms with van der Waals surface area (Å²) in [4.78, 5) is 0. The average molecular weight is 221 g/mol. The highest BCUT2D eigenvalue weighted by atomic mass is 19.1. The molecule has 81 valence electrons. The smallest absolute Gasteiger partial charge is 0.221 e. The quantitative estimate of drug-likeness (QED) is 0.756. The maximum Gasteiger partial charge on any atom is 0.221 e. The molecule has 4 heteroatoms. The zero-order valence-corrected chi connectivity index (χ0v) is 8.11. The Morgan fingerprint density at radius 3 is 2.19 bits per heavy atom. The first-order valence-corrected chi connectivity index (χ1v) is 4.55. The third kappa shape index (κ3) is 2.28. The molecule has 16 heavy (non-hydrogen) atoms. The molecule has 0 aromatic heterocycles. The number of halogens is 2. The summed E-state index contributed by atoms with van der Waals surface area (Å²) in [5.41, 5.74) is 0. The minimum Gasteiger partial charge on any atom is -0.453 e. The van der Waals surface area contributed by atoms with Crippen LogP contribution in [0.25, 0.3) is 0 Å². The zero-order chi connectivity index (χ0) is 11.5. The third-order valence-electron chi connectivity index (χ3n) is 1.91. The Morgan fingerprint density at radius 1 is 0.938 bits per heavy atom. The van der Waals surface area contributed by atoms with Crippen molar-refractivity contribution in [3.63, 3.8) is 0 Å². The molecule has 0 heterocycles. The number of rotatable bonds is 2. The molecule has 0 aliphatic heterocycles. The molecule has 2 aromatic rings. The van der Waals surface area contributed by atoms with Gasteiger partial charge < -0.3 is 4.74 Å². The van der Waals surface area contributed by atoms with Crippen molar-refractivity contribution in [3.05, 3.63) is 54.1 Å². The lowest BCUT2D eigenvalue weighted by molar-refractivity contribution is 0.328. The lowest BCUT2D eigenvalue weighted by atomic mass is 10.3. The first kappa shape index (κ1) is 10.4. The molecule has 0 fully saturated rings. The lowest BCUT2D eigenvalue weighted by Crippen LogP contribution is -1.87. The SMILES string of the molecule is [O]c1ccccc1Oc1cc(F)cc(F)c1. The van der Waals surface area contributed by atoms with Crippen LogP contribution in [0.15, 0.2) is 42.5 Å². The van der Waals surface area contributed by atoms with Gasteiger partial charge in [0, 0.05) is 18.2 Å². The van der Waals surface area contributed by atoms with Crippen LogP contribution < -0.4 is 4.74 Å². The Bertz CT molecular complexity index is 492. The normalized spacial score (nSPS) is 10.1. The summed E-state index contributed by atoms with van der Waals surface area (Å²) < 4.78 is 30.7. The molecule has 1 radical (unpaired) electrons. The molecule has 0 unspecified atom stereocenters. The van der Waals surface area contributed by atoms with Crippen molar-refractivity contribution >= 4 is 0 Å². The number of hydrogen-bond donors (Lipinski definition) is 0. The Labute approximate surface area is 90.7 Å². The Morgan fingerprint density at radius 2 is 1.56 bits per heavy atom. The Balaban J connectivity index is 2.30. The summed E-state index contributed by atoms with van der Waals surface area (Å²) in [5.74, 6) is -1.85. The van der Waals surface area contributed by atoms with Gasteiger partial charge in [0.2, 0.25) is 5.75 Å². The monoisotopic (exact) mass is 221 g/mol. The standard InChI is InChI=1S/C12H7F2O2/c13-8-5-9(14)7-10(6-8)16-12-4-2-1-3-11(12)15/h1-7H. The van der Waals surface area contributed by atoms with E-state index < -0.39 is 11.6 Å². The summed E-state index contributed by atoms with van der Waals surface area (Å²) in [5, 5.41) is 11.3. The molecule has 0 atom stereocenters. The molecule has 0 aliphatic carbocycles. The van der Waals surface area contributed by atoms with Crippen LogP contribution in [0.5, 0.6) is 17.2 Å². The van der Waals surface area contributed by atoms with Gasteiger partial charge in [0.05, 0.1) is 0 Å². The number of hydrogen-bond acceptors (Lipinski definition) is 1. The predicted molar refractivity (Wildman–Crippen MR) is 53.0 cm³/mol. The fraction of sp³-hybridized carbons (Fsp3) is 0. The van der Waals surface area contributed by atoms with Crippen LogP contribution in [0.4, 0.5) is 8.78 Å². The summed E-state index contributed by atoms with van der Waals surface area (Å²) in [6.45, 7) is 0. The van der Waals surface area contributed by atoms with Gasteiger partial charge in [-0.05, 0) is 12.1 Å². The minimum absolute atomic E-state index is 0.0347. The van der Waals surface area contributed by atoms with E-state index in [1.807, 2.05) is 0 Å². The summed E-state index contributed by atoms with van der Waals surface area (Å²) in [6.07, 6.45) is 0. The van der Waals surface area contributed by atoms with Gasteiger partial charge in [0.25, 0.3) is 0 Å². The van der Waals surface area contributed by atoms with Crippen molar-refractivity contribution in [2.24, 2.45) is 0 Å². The summed E-state index contributed by atoms with van der Waals surface area (Å²) in [7, 11) is 0. The zero-order valence-electron chi connectivity index (χ0n) is 8.11. The first-order valence-electron chi connectivity index (χ1n) is 4.55. The molecular weight excluding hydrogens is 214 g/mol. The van der Waals surface area contributed by atoms with E-state index in [4.69, 9.17) is 4.74 Å². The molecular formula is C12H7F2O2. The van der Waals surface area contributed by atoms with Crippen molar-refractivity contribution in [3.8, 4) is 17.2 Å². The highest BCUT2D eigenvalue weighted by Crippen LogP contribution is 2.30. The van der Waals surface area contributed by atoms with E-state index in [-0.39, 0.29) is 17.2 Å². The van der Waals surface area contributed by atoms with Crippen LogP contribution in [0.3, 0.4) is 0 Å². The molecule has 2 rings (SSSR count). The van der Waals surface area contributed by atoms with Gasteiger partial charge in [-0.25, -0.2) is 8.78 Å². The lowest BCUT2D eigenvalue weighted by Gasteiger charge is -2.05. The van der Waals surface area contributed by atoms with Gasteiger partial charge in [-0.2, -0.15) is 0 Å². The fourth-order valence-electron chi connectivity index (χ4n) is 1.25. The molecule has 0 bridgehead atoms. The first-order chi connectivity index (χ1) is 7.65. The molecule has 0 aliphatic rings. The maximum absolute atomic E-state index is 12.8. The van der Waals surface area contributed by atoms with Gasteiger partial charge in [0.1, 0.15) is 17.4 Å². The number of benzene rings is 2. The van der Waals surface area contributed by atoms with Crippen LogP contribution >= 0.6 is 0 Å². The van der Waals surface area contributed by atoms with E-state index >= 15 is 0 Å². The van der Waals surface area contributed by atoms with Gasteiger partial charge >= 0.3 is 0 Å². The van der Waals surface area contributed by atoms with Crippen LogP contribution in [0.2, 0.25) is 0 Å². The van der Waals surface area contributed by atoms with Crippen LogP contribution in [0, 0.1) is 11.6 Å². The molecule has 0 spiro atoms. The van der Waals surface area contributed by atoms with Gasteiger partial charge in [-0.15, -0.1) is 0 Å². The summed E-state index contributed by atoms with van der Waals surface area (Å²) >= 11 is 0. The van der Waals surface area contributed by atoms with Crippen LogP contribution in [-0.4, -0.2) is 0 Å². The fourth-order valence-corrected chi connectivity index (χ4v) is 1.25. The van der Waals surface area contributed by atoms with Crippen LogP contribution in [-0.2, 0) is 5.11 Å². The summed E-state index contributed by atoms with van der Waals surface area (Å²) in [6, 6.07) is 8.66. The van der Waals surface area contributed by atoms with E-state index in [9.17, 15) is 13.9 Å². The molecule has 0 N–H and O–H groups in total. The van der Waals surface area contributed by atoms with E-state index in [2.05, 4.69) is 0 Å². The Kier molecular flexibility index (Phi) is 2.72. The Hall–Kier alpha value is -2.10. The second kappa shape index (κ2) is 4.18. The molecule has 0 amide bonds. The van der Waals surface area contributed by atoms with Gasteiger partial charge in [-0.1, -0.05) is 12.1 Å². The van der Waals surface area contributed by atoms with E-state index in [0.717, 1.165) is 18.2 Å². The molecule has 2 nitrogen and oxygen atoms in total. The highest BCUT2D eigenvalue weighted by molar-refractivity contribution is 5.41. The highest BCUT2D eigenvalue weighted by Gasteiger charge is 2.06.